The first-order valence-electron chi connectivity index (χ1n) is 11.5. The molecule has 0 spiro atoms. The number of aryl methyl sites for hydroxylation is 3. The van der Waals surface area contributed by atoms with Crippen LogP contribution < -0.4 is 15.8 Å². The molecule has 1 fully saturated rings. The van der Waals surface area contributed by atoms with Gasteiger partial charge in [0, 0.05) is 35.8 Å². The van der Waals surface area contributed by atoms with E-state index < -0.39 is 6.43 Å². The molecule has 1 N–H and O–H groups in total. The van der Waals surface area contributed by atoms with Crippen LogP contribution in [0.25, 0.3) is 10.9 Å². The fraction of sp³-hybridized carbons (Fsp3) is 0.423. The fourth-order valence-electron chi connectivity index (χ4n) is 5.46. The van der Waals surface area contributed by atoms with Crippen molar-refractivity contribution in [1.29, 1.82) is 0 Å². The van der Waals surface area contributed by atoms with E-state index in [-0.39, 0.29) is 17.0 Å². The summed E-state index contributed by atoms with van der Waals surface area (Å²) in [5, 5.41) is 4.31. The summed E-state index contributed by atoms with van der Waals surface area (Å²) in [4.78, 5) is 14.6. The van der Waals surface area contributed by atoms with Gasteiger partial charge >= 0.3 is 0 Å². The zero-order valence-electron chi connectivity index (χ0n) is 18.6. The third-order valence-electron chi connectivity index (χ3n) is 7.13. The van der Waals surface area contributed by atoms with Crippen LogP contribution in [0.3, 0.4) is 0 Å². The summed E-state index contributed by atoms with van der Waals surface area (Å²) < 4.78 is 30.1. The first kappa shape index (κ1) is 21.1. The van der Waals surface area contributed by atoms with Crippen molar-refractivity contribution < 1.29 is 8.78 Å². The van der Waals surface area contributed by atoms with Crippen LogP contribution >= 0.6 is 0 Å². The number of hydrogen-bond acceptors (Lipinski definition) is 3. The van der Waals surface area contributed by atoms with Crippen molar-refractivity contribution in [2.75, 3.05) is 24.5 Å². The van der Waals surface area contributed by atoms with Gasteiger partial charge in [-0.25, -0.2) is 8.78 Å². The molecular formula is C26H29F2N3O. The lowest BCUT2D eigenvalue weighted by molar-refractivity contribution is 0.149. The highest BCUT2D eigenvalue weighted by molar-refractivity contribution is 5.95. The molecule has 4 nitrogen and oxygen atoms in total. The van der Waals surface area contributed by atoms with Crippen molar-refractivity contribution in [2.45, 2.75) is 45.0 Å². The molecule has 2 aromatic carbocycles. The zero-order chi connectivity index (χ0) is 22.4. The molecule has 6 heteroatoms. The minimum atomic E-state index is -2.50. The van der Waals surface area contributed by atoms with Crippen LogP contribution in [0, 0.1) is 6.92 Å². The molecule has 3 heterocycles. The standard InChI is InChI=1S/C26H29F2N3O/c1-16-13-21-22(30(2)26(16)32)6-3-7-23(21)31-12-4-5-18-14-19(17-8-10-29-11-9-17)20(25(27)28)15-24(18)31/h3,6-7,13-15,17,25,29H,4-5,8-12H2,1-2H3. The van der Waals surface area contributed by atoms with E-state index in [4.69, 9.17) is 0 Å². The van der Waals surface area contributed by atoms with Gasteiger partial charge in [0.05, 0.1) is 11.2 Å². The van der Waals surface area contributed by atoms with E-state index in [1.807, 2.05) is 31.2 Å². The molecule has 32 heavy (non-hydrogen) atoms. The third-order valence-corrected chi connectivity index (χ3v) is 7.13. The van der Waals surface area contributed by atoms with Crippen molar-refractivity contribution in [3.8, 4) is 0 Å². The number of pyridine rings is 1. The van der Waals surface area contributed by atoms with Crippen LogP contribution in [0.15, 0.2) is 41.2 Å². The van der Waals surface area contributed by atoms with E-state index in [1.165, 1.54) is 0 Å². The van der Waals surface area contributed by atoms with Gasteiger partial charge in [-0.05, 0) is 87.0 Å². The van der Waals surface area contributed by atoms with Crippen LogP contribution in [0.4, 0.5) is 20.2 Å². The van der Waals surface area contributed by atoms with E-state index >= 15 is 0 Å². The van der Waals surface area contributed by atoms with Crippen molar-refractivity contribution in [3.63, 3.8) is 0 Å². The molecule has 0 unspecified atom stereocenters. The van der Waals surface area contributed by atoms with Crippen molar-refractivity contribution >= 4 is 22.3 Å². The van der Waals surface area contributed by atoms with Crippen LogP contribution in [0.2, 0.25) is 0 Å². The van der Waals surface area contributed by atoms with E-state index in [1.54, 1.807) is 17.7 Å². The highest BCUT2D eigenvalue weighted by Gasteiger charge is 2.28. The number of rotatable bonds is 3. The molecular weight excluding hydrogens is 408 g/mol. The Morgan fingerprint density at radius 3 is 2.62 bits per heavy atom. The molecule has 1 saturated heterocycles. The summed E-state index contributed by atoms with van der Waals surface area (Å²) >= 11 is 0. The Bertz CT molecular complexity index is 1230. The summed E-state index contributed by atoms with van der Waals surface area (Å²) in [7, 11) is 1.78. The molecule has 168 valence electrons. The summed E-state index contributed by atoms with van der Waals surface area (Å²) in [6.45, 7) is 4.35. The number of piperidine rings is 1. The second kappa shape index (κ2) is 8.32. The first-order chi connectivity index (χ1) is 15.5. The Morgan fingerprint density at radius 1 is 1.09 bits per heavy atom. The number of fused-ring (bicyclic) bond motifs is 2. The largest absolute Gasteiger partial charge is 0.341 e. The zero-order valence-corrected chi connectivity index (χ0v) is 18.6. The number of nitrogens with one attached hydrogen (secondary N) is 1. The average Bonchev–Trinajstić information content (AvgIpc) is 2.81. The second-order valence-corrected chi connectivity index (χ2v) is 9.09. The van der Waals surface area contributed by atoms with Crippen molar-refractivity contribution in [2.24, 2.45) is 7.05 Å². The highest BCUT2D eigenvalue weighted by Crippen LogP contribution is 2.43. The van der Waals surface area contributed by atoms with E-state index in [9.17, 15) is 13.6 Å². The Kier molecular flexibility index (Phi) is 5.49. The van der Waals surface area contributed by atoms with Gasteiger partial charge in [-0.2, -0.15) is 0 Å². The van der Waals surface area contributed by atoms with Gasteiger partial charge in [0.1, 0.15) is 0 Å². The Hall–Kier alpha value is -2.73. The SMILES string of the molecule is Cc1cc2c(N3CCCc4cc(C5CCNCC5)c(C(F)F)cc43)cccc2n(C)c1=O. The van der Waals surface area contributed by atoms with Gasteiger partial charge < -0.3 is 14.8 Å². The Labute approximate surface area is 186 Å². The maximum Gasteiger partial charge on any atom is 0.264 e. The molecule has 0 bridgehead atoms. The summed E-state index contributed by atoms with van der Waals surface area (Å²) in [6.07, 6.45) is 1.17. The number of nitrogens with zero attached hydrogens (tertiary/aromatic N) is 2. The van der Waals surface area contributed by atoms with Gasteiger partial charge in [0.15, 0.2) is 0 Å². The van der Waals surface area contributed by atoms with Gasteiger partial charge in [-0.1, -0.05) is 12.1 Å². The molecule has 2 aliphatic rings. The topological polar surface area (TPSA) is 37.3 Å². The van der Waals surface area contributed by atoms with Crippen molar-refractivity contribution in [1.82, 2.24) is 9.88 Å². The second-order valence-electron chi connectivity index (χ2n) is 9.09. The number of halogens is 2. The van der Waals surface area contributed by atoms with E-state index in [0.717, 1.165) is 78.7 Å². The maximum absolute atomic E-state index is 14.2. The van der Waals surface area contributed by atoms with E-state index in [0.29, 0.717) is 5.56 Å². The molecule has 2 aliphatic heterocycles. The predicted molar refractivity (Wildman–Crippen MR) is 125 cm³/mol. The Balaban J connectivity index is 1.67. The lowest BCUT2D eigenvalue weighted by Gasteiger charge is -2.35. The highest BCUT2D eigenvalue weighted by atomic mass is 19.3. The fourth-order valence-corrected chi connectivity index (χ4v) is 5.46. The predicted octanol–water partition coefficient (Wildman–Crippen LogP) is 5.34. The first-order valence-corrected chi connectivity index (χ1v) is 11.5. The number of aromatic nitrogens is 1. The molecule has 0 atom stereocenters. The Morgan fingerprint density at radius 2 is 1.88 bits per heavy atom. The molecule has 1 aromatic heterocycles. The summed E-state index contributed by atoms with van der Waals surface area (Å²) in [5.41, 5.74) is 5.52. The van der Waals surface area contributed by atoms with Crippen molar-refractivity contribution in [3.05, 3.63) is 69.0 Å². The molecule has 0 radical (unpaired) electrons. The lowest BCUT2D eigenvalue weighted by Crippen LogP contribution is -2.28. The monoisotopic (exact) mass is 437 g/mol. The van der Waals surface area contributed by atoms with Crippen LogP contribution in [-0.2, 0) is 13.5 Å². The smallest absolute Gasteiger partial charge is 0.264 e. The molecule has 0 amide bonds. The molecule has 5 rings (SSSR count). The van der Waals surface area contributed by atoms with Gasteiger partial charge in [-0.15, -0.1) is 0 Å². The van der Waals surface area contributed by atoms with Crippen LogP contribution in [0.5, 0.6) is 0 Å². The van der Waals surface area contributed by atoms with E-state index in [2.05, 4.69) is 16.3 Å². The number of anilines is 2. The van der Waals surface area contributed by atoms with Crippen LogP contribution in [0.1, 0.15) is 53.9 Å². The van der Waals surface area contributed by atoms with Gasteiger partial charge in [-0.3, -0.25) is 4.79 Å². The number of benzene rings is 2. The molecule has 3 aromatic rings. The summed E-state index contributed by atoms with van der Waals surface area (Å²) in [6, 6.07) is 11.6. The third kappa shape index (κ3) is 3.51. The molecule has 0 saturated carbocycles. The van der Waals surface area contributed by atoms with Gasteiger partial charge in [0.2, 0.25) is 0 Å². The molecule has 0 aliphatic carbocycles. The quantitative estimate of drug-likeness (QED) is 0.601. The van der Waals surface area contributed by atoms with Crippen LogP contribution in [-0.4, -0.2) is 24.2 Å². The minimum Gasteiger partial charge on any atom is -0.341 e. The summed E-state index contributed by atoms with van der Waals surface area (Å²) in [5.74, 6) is 0.190. The normalized spacial score (nSPS) is 17.2. The number of hydrogen-bond donors (Lipinski definition) is 1. The average molecular weight is 438 g/mol. The minimum absolute atomic E-state index is 0.0136. The number of alkyl halides is 2. The van der Waals surface area contributed by atoms with Gasteiger partial charge in [0.25, 0.3) is 12.0 Å². The maximum atomic E-state index is 14.2. The lowest BCUT2D eigenvalue weighted by atomic mass is 9.84.